The smallest absolute Gasteiger partial charge is 0.269 e. The Hall–Kier alpha value is -3.68. The molecule has 0 aromatic heterocycles. The van der Waals surface area contributed by atoms with Gasteiger partial charge in [-0.05, 0) is 29.8 Å². The van der Waals surface area contributed by atoms with Crippen LogP contribution in [0, 0.1) is 10.1 Å². The molecule has 0 unspecified atom stereocenters. The number of hydrogen-bond acceptors (Lipinski definition) is 6. The topological polar surface area (TPSA) is 111 Å². The van der Waals surface area contributed by atoms with Crippen molar-refractivity contribution in [2.75, 3.05) is 7.11 Å². The number of ether oxygens (including phenoxy) is 1. The first-order valence-corrected chi connectivity index (χ1v) is 7.62. The van der Waals surface area contributed by atoms with Crippen LogP contribution in [0.25, 0.3) is 0 Å². The lowest BCUT2D eigenvalue weighted by atomic mass is 10.1. The van der Waals surface area contributed by atoms with Gasteiger partial charge in [0.1, 0.15) is 5.75 Å². The zero-order chi connectivity index (χ0) is 18.9. The second-order valence-electron chi connectivity index (χ2n) is 5.22. The van der Waals surface area contributed by atoms with Gasteiger partial charge in [0.15, 0.2) is 5.78 Å². The highest BCUT2D eigenvalue weighted by atomic mass is 16.6. The third-order valence-electron chi connectivity index (χ3n) is 3.42. The first-order chi connectivity index (χ1) is 12.5. The Balaban J connectivity index is 1.78. The van der Waals surface area contributed by atoms with Crippen LogP contribution in [-0.4, -0.2) is 23.7 Å². The number of ketones is 1. The van der Waals surface area contributed by atoms with Crippen molar-refractivity contribution in [3.05, 3.63) is 82.0 Å². The molecule has 2 aromatic rings. The Morgan fingerprint density at radius 3 is 2.35 bits per heavy atom. The number of hydrazine groups is 1. The fraction of sp³-hybridized carbons (Fsp3) is 0.111. The third kappa shape index (κ3) is 5.45. The molecule has 1 amide bonds. The lowest BCUT2D eigenvalue weighted by Crippen LogP contribution is -2.34. The molecule has 0 atom stereocenters. The minimum Gasteiger partial charge on any atom is -0.497 e. The van der Waals surface area contributed by atoms with Gasteiger partial charge in [0.25, 0.3) is 5.69 Å². The number of nitro benzene ring substituents is 1. The molecule has 0 heterocycles. The number of allylic oxidation sites excluding steroid dienone is 1. The minimum atomic E-state index is -0.504. The molecule has 8 nitrogen and oxygen atoms in total. The summed E-state index contributed by atoms with van der Waals surface area (Å²) in [6, 6.07) is 12.3. The number of nitrogens with one attached hydrogen (secondary N) is 2. The van der Waals surface area contributed by atoms with Crippen LogP contribution >= 0.6 is 0 Å². The van der Waals surface area contributed by atoms with E-state index in [-0.39, 0.29) is 23.8 Å². The first-order valence-electron chi connectivity index (χ1n) is 7.62. The summed E-state index contributed by atoms with van der Waals surface area (Å²) in [6.45, 7) is 0. The van der Waals surface area contributed by atoms with Gasteiger partial charge >= 0.3 is 0 Å². The molecule has 0 saturated carbocycles. The monoisotopic (exact) mass is 355 g/mol. The fourth-order valence-corrected chi connectivity index (χ4v) is 2.06. The standard InChI is InChI=1S/C18H17N3O5/c1-26-16-8-4-14(5-9-16)17(22)10-11-19-20-18(23)12-13-2-6-15(7-3-13)21(24)25/h2-11,19H,12H2,1H3,(H,20,23)/b11-10-. The van der Waals surface area contributed by atoms with Gasteiger partial charge in [0.2, 0.25) is 5.91 Å². The predicted molar refractivity (Wildman–Crippen MR) is 94.5 cm³/mol. The molecule has 134 valence electrons. The van der Waals surface area contributed by atoms with Crippen LogP contribution in [0.2, 0.25) is 0 Å². The van der Waals surface area contributed by atoms with Gasteiger partial charge in [-0.25, -0.2) is 0 Å². The Bertz CT molecular complexity index is 814. The number of amides is 1. The van der Waals surface area contributed by atoms with E-state index >= 15 is 0 Å². The van der Waals surface area contributed by atoms with E-state index in [0.717, 1.165) is 0 Å². The second-order valence-corrected chi connectivity index (χ2v) is 5.22. The Morgan fingerprint density at radius 2 is 1.77 bits per heavy atom. The molecule has 0 aliphatic rings. The molecule has 26 heavy (non-hydrogen) atoms. The second kappa shape index (κ2) is 8.97. The maximum atomic E-state index is 11.9. The van der Waals surface area contributed by atoms with Crippen LogP contribution in [-0.2, 0) is 11.2 Å². The number of carbonyl (C=O) groups excluding carboxylic acids is 2. The highest BCUT2D eigenvalue weighted by Crippen LogP contribution is 2.12. The van der Waals surface area contributed by atoms with Crippen LogP contribution in [0.15, 0.2) is 60.8 Å². The highest BCUT2D eigenvalue weighted by Gasteiger charge is 2.07. The summed E-state index contributed by atoms with van der Waals surface area (Å²) >= 11 is 0. The Kier molecular flexibility index (Phi) is 6.44. The summed E-state index contributed by atoms with van der Waals surface area (Å²) < 4.78 is 5.02. The van der Waals surface area contributed by atoms with Gasteiger partial charge in [0, 0.05) is 30.0 Å². The number of benzene rings is 2. The maximum Gasteiger partial charge on any atom is 0.269 e. The molecular weight excluding hydrogens is 338 g/mol. The quantitative estimate of drug-likeness (QED) is 0.325. The van der Waals surface area contributed by atoms with Crippen molar-refractivity contribution in [1.82, 2.24) is 10.9 Å². The normalized spacial score (nSPS) is 10.3. The number of nitro groups is 1. The van der Waals surface area contributed by atoms with E-state index in [1.165, 1.54) is 36.5 Å². The molecule has 0 radical (unpaired) electrons. The molecule has 0 spiro atoms. The van der Waals surface area contributed by atoms with Crippen LogP contribution in [0.4, 0.5) is 5.69 Å². The van der Waals surface area contributed by atoms with E-state index in [1.54, 1.807) is 31.4 Å². The van der Waals surface area contributed by atoms with Crippen LogP contribution < -0.4 is 15.6 Å². The molecule has 2 rings (SSSR count). The summed E-state index contributed by atoms with van der Waals surface area (Å²) in [4.78, 5) is 33.8. The van der Waals surface area contributed by atoms with E-state index in [9.17, 15) is 19.7 Å². The molecule has 0 aliphatic heterocycles. The van der Waals surface area contributed by atoms with Gasteiger partial charge in [0.05, 0.1) is 18.5 Å². The fourth-order valence-electron chi connectivity index (χ4n) is 2.06. The van der Waals surface area contributed by atoms with E-state index in [2.05, 4.69) is 10.9 Å². The lowest BCUT2D eigenvalue weighted by molar-refractivity contribution is -0.384. The van der Waals surface area contributed by atoms with Gasteiger partial charge in [-0.15, -0.1) is 0 Å². The average Bonchev–Trinajstić information content (AvgIpc) is 2.65. The van der Waals surface area contributed by atoms with Crippen molar-refractivity contribution in [3.8, 4) is 5.75 Å². The SMILES string of the molecule is COc1ccc(C(=O)/C=C\NNC(=O)Cc2ccc([N+](=O)[O-])cc2)cc1. The summed E-state index contributed by atoms with van der Waals surface area (Å²) in [7, 11) is 1.54. The number of non-ortho nitro benzene ring substituents is 1. The largest absolute Gasteiger partial charge is 0.497 e. The third-order valence-corrected chi connectivity index (χ3v) is 3.42. The van der Waals surface area contributed by atoms with Gasteiger partial charge < -0.3 is 10.2 Å². The van der Waals surface area contributed by atoms with E-state index in [1.807, 2.05) is 0 Å². The summed E-state index contributed by atoms with van der Waals surface area (Å²) in [5.74, 6) is 0.0762. The van der Waals surface area contributed by atoms with Gasteiger partial charge in [-0.1, -0.05) is 12.1 Å². The number of methoxy groups -OCH3 is 1. The van der Waals surface area contributed by atoms with Crippen molar-refractivity contribution in [1.29, 1.82) is 0 Å². The Labute approximate surface area is 149 Å². The highest BCUT2D eigenvalue weighted by molar-refractivity contribution is 6.04. The molecule has 0 bridgehead atoms. The molecule has 0 aliphatic carbocycles. The molecule has 8 heteroatoms. The molecule has 0 saturated heterocycles. The van der Waals surface area contributed by atoms with Crippen LogP contribution in [0.3, 0.4) is 0 Å². The number of rotatable bonds is 8. The van der Waals surface area contributed by atoms with Crippen molar-refractivity contribution in [2.24, 2.45) is 0 Å². The van der Waals surface area contributed by atoms with Crippen molar-refractivity contribution in [2.45, 2.75) is 6.42 Å². The average molecular weight is 355 g/mol. The van der Waals surface area contributed by atoms with E-state index in [4.69, 9.17) is 4.74 Å². The molecule has 2 aromatic carbocycles. The summed E-state index contributed by atoms with van der Waals surface area (Å²) in [6.07, 6.45) is 2.65. The minimum absolute atomic E-state index is 0.0349. The van der Waals surface area contributed by atoms with Crippen LogP contribution in [0.5, 0.6) is 5.75 Å². The molecular formula is C18H17N3O5. The number of carbonyl (C=O) groups is 2. The predicted octanol–water partition coefficient (Wildman–Crippen LogP) is 2.16. The van der Waals surface area contributed by atoms with Crippen LogP contribution in [0.1, 0.15) is 15.9 Å². The van der Waals surface area contributed by atoms with Crippen molar-refractivity contribution < 1.29 is 19.2 Å². The molecule has 2 N–H and O–H groups in total. The maximum absolute atomic E-state index is 11.9. The summed E-state index contributed by atoms with van der Waals surface area (Å²) in [5.41, 5.74) is 6.02. The zero-order valence-electron chi connectivity index (χ0n) is 14.0. The van der Waals surface area contributed by atoms with Crippen molar-refractivity contribution >= 4 is 17.4 Å². The van der Waals surface area contributed by atoms with Gasteiger partial charge in [-0.2, -0.15) is 0 Å². The summed E-state index contributed by atoms with van der Waals surface area (Å²) in [5, 5.41) is 10.6. The van der Waals surface area contributed by atoms with E-state index in [0.29, 0.717) is 16.9 Å². The zero-order valence-corrected chi connectivity index (χ0v) is 14.0. The number of hydrogen-bond donors (Lipinski definition) is 2. The Morgan fingerprint density at radius 1 is 1.12 bits per heavy atom. The lowest BCUT2D eigenvalue weighted by Gasteiger charge is -2.04. The van der Waals surface area contributed by atoms with E-state index < -0.39 is 4.92 Å². The van der Waals surface area contributed by atoms with Gasteiger partial charge in [-0.3, -0.25) is 25.1 Å². The number of nitrogens with zero attached hydrogens (tertiary/aromatic N) is 1. The van der Waals surface area contributed by atoms with Crippen molar-refractivity contribution in [3.63, 3.8) is 0 Å². The first kappa shape index (κ1) is 18.7. The molecule has 0 fully saturated rings.